The number of anilines is 1. The summed E-state index contributed by atoms with van der Waals surface area (Å²) in [4.78, 5) is 8.83. The summed E-state index contributed by atoms with van der Waals surface area (Å²) in [7, 11) is 0. The van der Waals surface area contributed by atoms with Crippen LogP contribution in [0.1, 0.15) is 11.1 Å². The number of nitrogen functional groups attached to an aromatic ring is 1. The Kier molecular flexibility index (Phi) is 3.24. The maximum absolute atomic E-state index is 6.05. The van der Waals surface area contributed by atoms with Crippen molar-refractivity contribution in [1.82, 2.24) is 9.97 Å². The molecule has 0 unspecified atom stereocenters. The molecule has 2 N–H and O–H groups in total. The van der Waals surface area contributed by atoms with Crippen molar-refractivity contribution in [3.05, 3.63) is 78.0 Å². The van der Waals surface area contributed by atoms with Crippen LogP contribution >= 0.6 is 0 Å². The molecule has 2 aromatic carbocycles. The predicted octanol–water partition coefficient (Wildman–Crippen LogP) is 4.54. The maximum atomic E-state index is 6.05. The normalized spacial score (nSPS) is 11.5. The highest BCUT2D eigenvalue weighted by atomic mass is 14.9. The fourth-order valence-corrected chi connectivity index (χ4v) is 2.74. The first-order chi connectivity index (χ1) is 11.3. The molecule has 0 saturated carbocycles. The van der Waals surface area contributed by atoms with Gasteiger partial charge >= 0.3 is 0 Å². The minimum absolute atomic E-state index is 0.470. The van der Waals surface area contributed by atoms with Crippen molar-refractivity contribution in [2.75, 3.05) is 5.73 Å². The molecule has 0 saturated heterocycles. The topological polar surface area (TPSA) is 51.8 Å². The van der Waals surface area contributed by atoms with Crippen molar-refractivity contribution in [3.63, 3.8) is 0 Å². The monoisotopic (exact) mass is 297 g/mol. The Balaban J connectivity index is 1.82. The van der Waals surface area contributed by atoms with Gasteiger partial charge in [-0.1, -0.05) is 60.7 Å². The van der Waals surface area contributed by atoms with E-state index in [9.17, 15) is 0 Å². The summed E-state index contributed by atoms with van der Waals surface area (Å²) in [6.45, 7) is 0. The van der Waals surface area contributed by atoms with Crippen LogP contribution in [0.25, 0.3) is 34.0 Å². The van der Waals surface area contributed by atoms with Gasteiger partial charge in [-0.05, 0) is 23.3 Å². The molecule has 4 rings (SSSR count). The second kappa shape index (κ2) is 5.54. The van der Waals surface area contributed by atoms with E-state index in [1.165, 1.54) is 5.56 Å². The van der Waals surface area contributed by atoms with Crippen LogP contribution in [0.15, 0.2) is 66.9 Å². The van der Waals surface area contributed by atoms with Gasteiger partial charge in [0, 0.05) is 17.0 Å². The number of pyridine rings is 2. The van der Waals surface area contributed by atoms with E-state index in [0.29, 0.717) is 5.82 Å². The third-order valence-electron chi connectivity index (χ3n) is 3.87. The molecule has 0 radical (unpaired) electrons. The van der Waals surface area contributed by atoms with Crippen LogP contribution in [0.3, 0.4) is 0 Å². The molecule has 0 fully saturated rings. The lowest BCUT2D eigenvalue weighted by Gasteiger charge is -2.06. The van der Waals surface area contributed by atoms with E-state index in [4.69, 9.17) is 5.73 Å². The summed E-state index contributed by atoms with van der Waals surface area (Å²) >= 11 is 0. The molecule has 2 heterocycles. The first kappa shape index (κ1) is 13.5. The minimum atomic E-state index is 0.470. The number of nitrogens with zero attached hydrogens (tertiary/aromatic N) is 2. The third-order valence-corrected chi connectivity index (χ3v) is 3.87. The molecule has 23 heavy (non-hydrogen) atoms. The lowest BCUT2D eigenvalue weighted by atomic mass is 10.1. The summed E-state index contributed by atoms with van der Waals surface area (Å²) in [5, 5.41) is 2.10. The van der Waals surface area contributed by atoms with Gasteiger partial charge in [-0.15, -0.1) is 0 Å². The van der Waals surface area contributed by atoms with Crippen LogP contribution in [0.2, 0.25) is 0 Å². The Morgan fingerprint density at radius 1 is 0.783 bits per heavy atom. The third kappa shape index (κ3) is 2.53. The van der Waals surface area contributed by atoms with Gasteiger partial charge in [0.2, 0.25) is 0 Å². The van der Waals surface area contributed by atoms with Gasteiger partial charge in [0.25, 0.3) is 0 Å². The number of benzene rings is 2. The van der Waals surface area contributed by atoms with Gasteiger partial charge in [0.1, 0.15) is 5.52 Å². The van der Waals surface area contributed by atoms with Crippen molar-refractivity contribution in [3.8, 4) is 0 Å². The molecule has 0 bridgehead atoms. The molecule has 0 aliphatic rings. The molecule has 0 atom stereocenters. The first-order valence-electron chi connectivity index (χ1n) is 7.48. The van der Waals surface area contributed by atoms with Gasteiger partial charge in [-0.2, -0.15) is 0 Å². The first-order valence-corrected chi connectivity index (χ1v) is 7.48. The molecule has 2 aromatic heterocycles. The van der Waals surface area contributed by atoms with E-state index in [1.54, 1.807) is 6.20 Å². The number of fused-ring (bicyclic) bond motifs is 3. The largest absolute Gasteiger partial charge is 0.382 e. The summed E-state index contributed by atoms with van der Waals surface area (Å²) < 4.78 is 0. The standard InChI is InChI=1S/C20H15N3/c21-20-19-17(7-4-12-22-19)16-11-10-15(13-18(16)23-20)9-8-14-5-2-1-3-6-14/h1-13H,(H2,21,23). The molecule has 0 spiro atoms. The van der Waals surface area contributed by atoms with E-state index in [2.05, 4.69) is 52.5 Å². The SMILES string of the molecule is Nc1nc2cc(C=Cc3ccccc3)ccc2c2cccnc12. The van der Waals surface area contributed by atoms with Gasteiger partial charge in [0.05, 0.1) is 5.52 Å². The molecular formula is C20H15N3. The molecule has 3 heteroatoms. The smallest absolute Gasteiger partial charge is 0.150 e. The zero-order valence-corrected chi connectivity index (χ0v) is 12.5. The van der Waals surface area contributed by atoms with Gasteiger partial charge < -0.3 is 5.73 Å². The minimum Gasteiger partial charge on any atom is -0.382 e. The Labute approximate surface area is 134 Å². The zero-order chi connectivity index (χ0) is 15.6. The lowest BCUT2D eigenvalue weighted by molar-refractivity contribution is 1.36. The van der Waals surface area contributed by atoms with Crippen molar-refractivity contribution in [2.45, 2.75) is 0 Å². The molecule has 0 aliphatic heterocycles. The molecule has 0 amide bonds. The Bertz CT molecular complexity index is 1020. The lowest BCUT2D eigenvalue weighted by Crippen LogP contribution is -1.95. The number of hydrogen-bond donors (Lipinski definition) is 1. The van der Waals surface area contributed by atoms with Crippen LogP contribution in [0.5, 0.6) is 0 Å². The van der Waals surface area contributed by atoms with Crippen molar-refractivity contribution < 1.29 is 0 Å². The predicted molar refractivity (Wildman–Crippen MR) is 96.8 cm³/mol. The summed E-state index contributed by atoms with van der Waals surface area (Å²) in [5.74, 6) is 0.470. The summed E-state index contributed by atoms with van der Waals surface area (Å²) in [5.41, 5.74) is 9.95. The van der Waals surface area contributed by atoms with Gasteiger partial charge in [-0.3, -0.25) is 4.98 Å². The molecular weight excluding hydrogens is 282 g/mol. The number of nitrogens with two attached hydrogens (primary N) is 1. The molecule has 4 aromatic rings. The van der Waals surface area contributed by atoms with Gasteiger partial charge in [0.15, 0.2) is 5.82 Å². The fraction of sp³-hybridized carbons (Fsp3) is 0. The quantitative estimate of drug-likeness (QED) is 0.436. The van der Waals surface area contributed by atoms with Crippen LogP contribution in [0, 0.1) is 0 Å². The van der Waals surface area contributed by atoms with Crippen molar-refractivity contribution in [1.29, 1.82) is 0 Å². The van der Waals surface area contributed by atoms with Crippen molar-refractivity contribution in [2.24, 2.45) is 0 Å². The van der Waals surface area contributed by atoms with Crippen LogP contribution in [-0.4, -0.2) is 9.97 Å². The number of aromatic nitrogens is 2. The molecule has 3 nitrogen and oxygen atoms in total. The van der Waals surface area contributed by atoms with E-state index in [0.717, 1.165) is 27.4 Å². The molecule has 110 valence electrons. The Hall–Kier alpha value is -3.20. The van der Waals surface area contributed by atoms with E-state index >= 15 is 0 Å². The Morgan fingerprint density at radius 3 is 2.48 bits per heavy atom. The van der Waals surface area contributed by atoms with E-state index in [-0.39, 0.29) is 0 Å². The summed E-state index contributed by atoms with van der Waals surface area (Å²) in [6, 6.07) is 20.4. The second-order valence-corrected chi connectivity index (χ2v) is 5.42. The number of hydrogen-bond acceptors (Lipinski definition) is 3. The van der Waals surface area contributed by atoms with Crippen LogP contribution in [-0.2, 0) is 0 Å². The van der Waals surface area contributed by atoms with Crippen molar-refractivity contribution >= 4 is 39.8 Å². The average Bonchev–Trinajstić information content (AvgIpc) is 2.61. The van der Waals surface area contributed by atoms with Crippen LogP contribution < -0.4 is 5.73 Å². The fourth-order valence-electron chi connectivity index (χ4n) is 2.74. The average molecular weight is 297 g/mol. The Morgan fingerprint density at radius 2 is 1.61 bits per heavy atom. The highest BCUT2D eigenvalue weighted by Crippen LogP contribution is 2.27. The molecule has 0 aliphatic carbocycles. The number of rotatable bonds is 2. The van der Waals surface area contributed by atoms with Crippen LogP contribution in [0.4, 0.5) is 5.82 Å². The van der Waals surface area contributed by atoms with Gasteiger partial charge in [-0.25, -0.2) is 4.98 Å². The zero-order valence-electron chi connectivity index (χ0n) is 12.5. The maximum Gasteiger partial charge on any atom is 0.150 e. The highest BCUT2D eigenvalue weighted by molar-refractivity contribution is 6.08. The van der Waals surface area contributed by atoms with E-state index in [1.807, 2.05) is 30.3 Å². The second-order valence-electron chi connectivity index (χ2n) is 5.42. The summed E-state index contributed by atoms with van der Waals surface area (Å²) in [6.07, 6.45) is 5.91. The van der Waals surface area contributed by atoms with E-state index < -0.39 is 0 Å². The highest BCUT2D eigenvalue weighted by Gasteiger charge is 2.06.